The molecule has 0 unspecified atom stereocenters. The summed E-state index contributed by atoms with van der Waals surface area (Å²) in [4.78, 5) is 0. The molecule has 0 nitrogen and oxygen atoms in total. The van der Waals surface area contributed by atoms with Gasteiger partial charge >= 0.3 is 0 Å². The van der Waals surface area contributed by atoms with E-state index in [1.807, 2.05) is 64.2 Å². The predicted molar refractivity (Wildman–Crippen MR) is 157 cm³/mol. The molecule has 0 bridgehead atoms. The zero-order valence-corrected chi connectivity index (χ0v) is 26.8. The molecule has 4 rings (SSSR count). The third-order valence-electron chi connectivity index (χ3n) is 6.72. The average Bonchev–Trinajstić information content (AvgIpc) is 3.69. The summed E-state index contributed by atoms with van der Waals surface area (Å²) in [6, 6.07) is 0. The van der Waals surface area contributed by atoms with Crippen molar-refractivity contribution < 1.29 is 34.1 Å². The Balaban J connectivity index is 0.000000842. The van der Waals surface area contributed by atoms with Crippen LogP contribution < -0.4 is 0 Å². The van der Waals surface area contributed by atoms with E-state index in [0.717, 1.165) is 0 Å². The van der Waals surface area contributed by atoms with Gasteiger partial charge in [-0.05, 0) is 162 Å². The molecule has 0 aliphatic heterocycles. The Labute approximate surface area is 252 Å². The maximum absolute atomic E-state index is 2.45. The summed E-state index contributed by atoms with van der Waals surface area (Å²) in [6.07, 6.45) is 39.3. The van der Waals surface area contributed by atoms with Crippen LogP contribution in [0.3, 0.4) is 0 Å². The number of hydrogen-bond donors (Lipinski definition) is 0. The number of rotatable bonds is 9. The second kappa shape index (κ2) is 22.6. The molecule has 2 atom stereocenters. The summed E-state index contributed by atoms with van der Waals surface area (Å²) in [5, 5.41) is 0. The standard InChI is InChI=1S/C22H34P2.2C5H5.2Fe/c1-7-23(8-2)17(5)19-13-11-15-21(19)22-16-12-14-20(22)18(6)24(9-3)10-4;2*1-2-4-5-3-1;;/h11-18H,7-10H2,1-6H3;2*1-5H;;/t17-,18-;;;;/m1..../s1. The third-order valence-corrected chi connectivity index (χ3v) is 12.7. The molecule has 0 aromatic carbocycles. The second-order valence-electron chi connectivity index (χ2n) is 8.51. The quantitative estimate of drug-likeness (QED) is 0.184. The van der Waals surface area contributed by atoms with Crippen molar-refractivity contribution in [3.63, 3.8) is 0 Å². The minimum Gasteiger partial charge on any atom is -0.104 e. The molecule has 0 aromatic rings. The molecule has 0 amide bonds. The van der Waals surface area contributed by atoms with Crippen molar-refractivity contribution in [1.29, 1.82) is 0 Å². The first kappa shape index (κ1) is 37.9. The van der Waals surface area contributed by atoms with E-state index in [-0.39, 0.29) is 50.0 Å². The van der Waals surface area contributed by atoms with Gasteiger partial charge in [0.05, 0.1) is 0 Å². The Kier molecular flexibility index (Phi) is 23.8. The van der Waals surface area contributed by atoms with Crippen LogP contribution in [0.15, 0.2) is 0 Å². The summed E-state index contributed by atoms with van der Waals surface area (Å²) < 4.78 is 0. The third kappa shape index (κ3) is 12.2. The summed E-state index contributed by atoms with van der Waals surface area (Å²) in [5.41, 5.74) is 1.41. The summed E-state index contributed by atoms with van der Waals surface area (Å²) in [7, 11) is 0.201. The van der Waals surface area contributed by atoms with E-state index in [0.29, 0.717) is 11.3 Å². The summed E-state index contributed by atoms with van der Waals surface area (Å²) in [6.45, 7) is 14.4. The van der Waals surface area contributed by atoms with Crippen LogP contribution >= 0.6 is 15.8 Å². The molecule has 4 saturated carbocycles. The molecule has 198 valence electrons. The molecule has 0 spiro atoms. The Morgan fingerprint density at radius 2 is 0.694 bits per heavy atom. The second-order valence-corrected chi connectivity index (χ2v) is 14.9. The Morgan fingerprint density at radius 1 is 0.444 bits per heavy atom. The van der Waals surface area contributed by atoms with Gasteiger partial charge in [0, 0.05) is 34.1 Å². The van der Waals surface area contributed by atoms with Gasteiger partial charge in [-0.25, -0.2) is 0 Å². The van der Waals surface area contributed by atoms with Crippen molar-refractivity contribution in [2.75, 3.05) is 24.6 Å². The zero-order chi connectivity index (χ0) is 24.8. The van der Waals surface area contributed by atoms with Crippen LogP contribution in [-0.2, 0) is 34.1 Å². The van der Waals surface area contributed by atoms with Crippen molar-refractivity contribution in [2.45, 2.75) is 52.9 Å². The van der Waals surface area contributed by atoms with E-state index in [1.54, 1.807) is 11.8 Å². The van der Waals surface area contributed by atoms with E-state index in [9.17, 15) is 0 Å². The Hall–Kier alpha value is 1.90. The van der Waals surface area contributed by atoms with E-state index in [1.165, 1.54) is 36.5 Å². The topological polar surface area (TPSA) is 0 Å². The van der Waals surface area contributed by atoms with E-state index in [4.69, 9.17) is 0 Å². The van der Waals surface area contributed by atoms with Crippen LogP contribution in [0, 0.1) is 126 Å². The average molecular weight is 602 g/mol. The van der Waals surface area contributed by atoms with Gasteiger partial charge in [-0.3, -0.25) is 0 Å². The first-order chi connectivity index (χ1) is 16.6. The van der Waals surface area contributed by atoms with Gasteiger partial charge in [-0.15, -0.1) is 15.8 Å². The van der Waals surface area contributed by atoms with Crippen molar-refractivity contribution in [2.24, 2.45) is 0 Å². The molecule has 20 radical (unpaired) electrons. The van der Waals surface area contributed by atoms with Crippen molar-refractivity contribution in [3.05, 3.63) is 126 Å². The maximum Gasteiger partial charge on any atom is 0 e. The fourth-order valence-electron chi connectivity index (χ4n) is 4.66. The van der Waals surface area contributed by atoms with Crippen LogP contribution in [0.25, 0.3) is 0 Å². The van der Waals surface area contributed by atoms with Gasteiger partial charge in [0.25, 0.3) is 0 Å². The van der Waals surface area contributed by atoms with Gasteiger partial charge in [-0.2, -0.15) is 0 Å². The van der Waals surface area contributed by atoms with Crippen LogP contribution in [0.2, 0.25) is 0 Å². The van der Waals surface area contributed by atoms with Crippen LogP contribution in [-0.4, -0.2) is 36.0 Å². The smallest absolute Gasteiger partial charge is 0 e. The molecule has 0 heterocycles. The fraction of sp³-hybridized carbons (Fsp3) is 0.375. The summed E-state index contributed by atoms with van der Waals surface area (Å²) in [5.74, 6) is 6.18. The molecule has 0 aromatic heterocycles. The van der Waals surface area contributed by atoms with Gasteiger partial charge in [-0.1, -0.05) is 41.5 Å². The van der Waals surface area contributed by atoms with Crippen molar-refractivity contribution in [3.8, 4) is 0 Å². The fourth-order valence-corrected chi connectivity index (χ4v) is 8.99. The normalized spacial score (nSPS) is 23.0. The largest absolute Gasteiger partial charge is 0.104 e. The van der Waals surface area contributed by atoms with E-state index >= 15 is 0 Å². The van der Waals surface area contributed by atoms with Crippen LogP contribution in [0.1, 0.15) is 41.5 Å². The van der Waals surface area contributed by atoms with Crippen molar-refractivity contribution in [1.82, 2.24) is 0 Å². The maximum atomic E-state index is 2.45. The van der Waals surface area contributed by atoms with Crippen LogP contribution in [0.4, 0.5) is 0 Å². The minimum absolute atomic E-state index is 0. The van der Waals surface area contributed by atoms with E-state index < -0.39 is 0 Å². The monoisotopic (exact) mass is 602 g/mol. The van der Waals surface area contributed by atoms with Gasteiger partial charge in [0.2, 0.25) is 0 Å². The first-order valence-electron chi connectivity index (χ1n) is 12.9. The molecular weight excluding hydrogens is 558 g/mol. The molecule has 4 aliphatic rings. The first-order valence-corrected chi connectivity index (χ1v) is 16.5. The zero-order valence-electron chi connectivity index (χ0n) is 22.8. The molecule has 4 aliphatic carbocycles. The molecule has 4 fully saturated rings. The predicted octanol–water partition coefficient (Wildman–Crippen LogP) is 8.40. The van der Waals surface area contributed by atoms with Gasteiger partial charge in [0.15, 0.2) is 0 Å². The van der Waals surface area contributed by atoms with E-state index in [2.05, 4.69) is 80.1 Å². The molecule has 0 N–H and O–H groups in total. The Bertz CT molecular complexity index is 427. The Morgan fingerprint density at radius 3 is 0.917 bits per heavy atom. The molecule has 4 heteroatoms. The van der Waals surface area contributed by atoms with Crippen LogP contribution in [0.5, 0.6) is 0 Å². The molecule has 0 saturated heterocycles. The van der Waals surface area contributed by atoms with Crippen molar-refractivity contribution >= 4 is 15.8 Å². The summed E-state index contributed by atoms with van der Waals surface area (Å²) >= 11 is 0. The van der Waals surface area contributed by atoms with Gasteiger partial charge < -0.3 is 0 Å². The molecular formula is C32H44Fe2P2. The minimum atomic E-state index is 0. The molecule has 36 heavy (non-hydrogen) atoms. The van der Waals surface area contributed by atoms with Gasteiger partial charge in [0.1, 0.15) is 0 Å². The SMILES string of the molecule is CCP(CC)[C@H](C)[C]1[CH][CH][CH][C]1[C]1[CH][CH][CH][C]1[C@@H](C)P(CC)CC.[CH]1[CH][CH][CH][CH]1.[CH]1[CH][CH][CH][CH]1.[Fe].[Fe]. The number of hydrogen-bond acceptors (Lipinski definition) is 0.